The van der Waals surface area contributed by atoms with Crippen LogP contribution in [0.2, 0.25) is 0 Å². The smallest absolute Gasteiger partial charge is 0.416 e. The number of carbonyl (C=O) groups excluding carboxylic acids is 1. The van der Waals surface area contributed by atoms with Gasteiger partial charge in [-0.25, -0.2) is 17.6 Å². The van der Waals surface area contributed by atoms with E-state index in [1.165, 1.54) is 17.0 Å². The minimum absolute atomic E-state index is 0.0210. The van der Waals surface area contributed by atoms with E-state index in [1.807, 2.05) is 0 Å². The number of piperazine rings is 1. The number of carbonyl (C=O) groups is 1. The lowest BCUT2D eigenvalue weighted by molar-refractivity contribution is -0.137. The first kappa shape index (κ1) is 24.8. The summed E-state index contributed by atoms with van der Waals surface area (Å²) in [6.07, 6.45) is -4.10. The molecular formula is C21H23F4N3O4S. The number of nitrogens with zero attached hydrogens (tertiary/aromatic N) is 2. The molecule has 0 aliphatic carbocycles. The molecule has 0 bridgehead atoms. The lowest BCUT2D eigenvalue weighted by atomic mass is 10.2. The van der Waals surface area contributed by atoms with Gasteiger partial charge >= 0.3 is 12.2 Å². The highest BCUT2D eigenvalue weighted by Gasteiger charge is 2.33. The van der Waals surface area contributed by atoms with Crippen LogP contribution in [0.5, 0.6) is 5.75 Å². The van der Waals surface area contributed by atoms with Gasteiger partial charge in [-0.1, -0.05) is 12.1 Å². The average molecular weight is 489 g/mol. The Hall–Kier alpha value is -2.86. The van der Waals surface area contributed by atoms with Crippen LogP contribution in [0.25, 0.3) is 0 Å². The molecule has 1 N–H and O–H groups in total. The number of rotatable bonds is 7. The summed E-state index contributed by atoms with van der Waals surface area (Å²) in [7, 11) is -3.97. The Morgan fingerprint density at radius 3 is 2.24 bits per heavy atom. The number of amides is 2. The predicted octanol–water partition coefficient (Wildman–Crippen LogP) is 3.33. The highest BCUT2D eigenvalue weighted by atomic mass is 32.2. The van der Waals surface area contributed by atoms with Crippen LogP contribution in [0.4, 0.5) is 22.4 Å². The van der Waals surface area contributed by atoms with Gasteiger partial charge in [0.2, 0.25) is 10.0 Å². The van der Waals surface area contributed by atoms with Crippen LogP contribution in [0.15, 0.2) is 53.4 Å². The van der Waals surface area contributed by atoms with Gasteiger partial charge in [0.1, 0.15) is 0 Å². The molecule has 1 fully saturated rings. The highest BCUT2D eigenvalue weighted by Crippen LogP contribution is 2.30. The lowest BCUT2D eigenvalue weighted by Crippen LogP contribution is -2.53. The fraction of sp³-hybridized carbons (Fsp3) is 0.381. The van der Waals surface area contributed by atoms with Crippen molar-refractivity contribution in [3.05, 3.63) is 59.9 Å². The van der Waals surface area contributed by atoms with Crippen molar-refractivity contribution in [1.82, 2.24) is 14.5 Å². The van der Waals surface area contributed by atoms with Crippen molar-refractivity contribution in [2.45, 2.75) is 17.5 Å². The first-order valence-electron chi connectivity index (χ1n) is 10.2. The summed E-state index contributed by atoms with van der Waals surface area (Å²) in [5.41, 5.74) is -0.928. The molecule has 1 aliphatic rings. The van der Waals surface area contributed by atoms with Crippen LogP contribution in [-0.2, 0) is 16.2 Å². The van der Waals surface area contributed by atoms with Crippen LogP contribution >= 0.6 is 0 Å². The maximum absolute atomic E-state index is 13.5. The van der Waals surface area contributed by atoms with Crippen LogP contribution in [0, 0.1) is 5.82 Å². The number of halogens is 4. The molecule has 7 nitrogen and oxygen atoms in total. The topological polar surface area (TPSA) is 79.0 Å². The van der Waals surface area contributed by atoms with Gasteiger partial charge < -0.3 is 15.0 Å². The standard InChI is InChI=1S/C21H23F4N3O4S/c22-18-4-1-2-5-19(18)32-15-3-10-26-20(29)27-11-13-28(14-12-27)33(30,31)17-8-6-16(7-9-17)21(23,24)25/h1-2,4-9H,3,10-15H2,(H,26,29). The lowest BCUT2D eigenvalue weighted by Gasteiger charge is -2.34. The first-order valence-corrected chi connectivity index (χ1v) is 11.6. The van der Waals surface area contributed by atoms with E-state index >= 15 is 0 Å². The van der Waals surface area contributed by atoms with E-state index in [0.717, 1.165) is 28.6 Å². The zero-order valence-corrected chi connectivity index (χ0v) is 18.3. The number of hydrogen-bond acceptors (Lipinski definition) is 4. The minimum Gasteiger partial charge on any atom is -0.490 e. The monoisotopic (exact) mass is 489 g/mol. The van der Waals surface area contributed by atoms with E-state index in [9.17, 15) is 30.8 Å². The summed E-state index contributed by atoms with van der Waals surface area (Å²) in [4.78, 5) is 13.5. The molecule has 1 aliphatic heterocycles. The molecule has 2 aromatic carbocycles. The molecule has 2 aromatic rings. The summed E-state index contributed by atoms with van der Waals surface area (Å²) in [5.74, 6) is -0.333. The molecular weight excluding hydrogens is 466 g/mol. The number of alkyl halides is 3. The van der Waals surface area contributed by atoms with E-state index in [2.05, 4.69) is 5.32 Å². The van der Waals surface area contributed by atoms with Gasteiger partial charge in [0.15, 0.2) is 11.6 Å². The molecule has 0 saturated carbocycles. The summed E-state index contributed by atoms with van der Waals surface area (Å²) in [6, 6.07) is 8.95. The number of ether oxygens (including phenoxy) is 1. The van der Waals surface area contributed by atoms with Crippen molar-refractivity contribution in [2.24, 2.45) is 0 Å². The third-order valence-corrected chi connectivity index (χ3v) is 6.95. The maximum atomic E-state index is 13.5. The first-order chi connectivity index (χ1) is 15.6. The molecule has 0 atom stereocenters. The largest absolute Gasteiger partial charge is 0.490 e. The molecule has 0 spiro atoms. The number of benzene rings is 2. The highest BCUT2D eigenvalue weighted by molar-refractivity contribution is 7.89. The fourth-order valence-electron chi connectivity index (χ4n) is 3.22. The molecule has 33 heavy (non-hydrogen) atoms. The maximum Gasteiger partial charge on any atom is 0.416 e. The normalized spacial score (nSPS) is 15.3. The second kappa shape index (κ2) is 10.4. The second-order valence-electron chi connectivity index (χ2n) is 7.28. The number of nitrogens with one attached hydrogen (secondary N) is 1. The van der Waals surface area contributed by atoms with Gasteiger partial charge in [-0.3, -0.25) is 0 Å². The van der Waals surface area contributed by atoms with E-state index in [-0.39, 0.29) is 56.0 Å². The van der Waals surface area contributed by atoms with Gasteiger partial charge in [0.25, 0.3) is 0 Å². The zero-order chi connectivity index (χ0) is 24.1. The Morgan fingerprint density at radius 1 is 1.00 bits per heavy atom. The van der Waals surface area contributed by atoms with E-state index < -0.39 is 27.6 Å². The molecule has 3 rings (SSSR count). The average Bonchev–Trinajstić information content (AvgIpc) is 2.79. The number of sulfonamides is 1. The van der Waals surface area contributed by atoms with Gasteiger partial charge in [0, 0.05) is 32.7 Å². The van der Waals surface area contributed by atoms with Crippen molar-refractivity contribution >= 4 is 16.1 Å². The number of para-hydroxylation sites is 1. The quantitative estimate of drug-likeness (QED) is 0.478. The summed E-state index contributed by atoms with van der Waals surface area (Å²) < 4.78 is 83.4. The van der Waals surface area contributed by atoms with E-state index in [1.54, 1.807) is 12.1 Å². The van der Waals surface area contributed by atoms with Crippen molar-refractivity contribution < 1.29 is 35.5 Å². The van der Waals surface area contributed by atoms with Gasteiger partial charge in [-0.15, -0.1) is 0 Å². The molecule has 2 amide bonds. The Morgan fingerprint density at radius 2 is 1.64 bits per heavy atom. The van der Waals surface area contributed by atoms with Crippen molar-refractivity contribution in [3.8, 4) is 5.75 Å². The van der Waals surface area contributed by atoms with Crippen LogP contribution in [-0.4, -0.2) is 63.0 Å². The van der Waals surface area contributed by atoms with Crippen molar-refractivity contribution in [2.75, 3.05) is 39.3 Å². The molecule has 0 unspecified atom stereocenters. The Bertz CT molecular complexity index is 1050. The van der Waals surface area contributed by atoms with Crippen LogP contribution in [0.3, 0.4) is 0 Å². The molecule has 180 valence electrons. The van der Waals surface area contributed by atoms with Gasteiger partial charge in [-0.05, 0) is 42.8 Å². The third-order valence-electron chi connectivity index (χ3n) is 5.04. The minimum atomic E-state index is -4.55. The SMILES string of the molecule is O=C(NCCCOc1ccccc1F)N1CCN(S(=O)(=O)c2ccc(C(F)(F)F)cc2)CC1. The summed E-state index contributed by atoms with van der Waals surface area (Å²) >= 11 is 0. The molecule has 0 radical (unpaired) electrons. The number of urea groups is 1. The zero-order valence-electron chi connectivity index (χ0n) is 17.5. The summed E-state index contributed by atoms with van der Waals surface area (Å²) in [5, 5.41) is 2.70. The van der Waals surface area contributed by atoms with E-state index in [0.29, 0.717) is 6.42 Å². The Kier molecular flexibility index (Phi) is 7.80. The molecule has 1 saturated heterocycles. The van der Waals surface area contributed by atoms with Crippen LogP contribution in [0.1, 0.15) is 12.0 Å². The van der Waals surface area contributed by atoms with Gasteiger partial charge in [-0.2, -0.15) is 17.5 Å². The second-order valence-corrected chi connectivity index (χ2v) is 9.22. The van der Waals surface area contributed by atoms with E-state index in [4.69, 9.17) is 4.74 Å². The predicted molar refractivity (Wildman–Crippen MR) is 112 cm³/mol. The summed E-state index contributed by atoms with van der Waals surface area (Å²) in [6.45, 7) is 0.812. The molecule has 12 heteroatoms. The fourth-order valence-corrected chi connectivity index (χ4v) is 4.64. The Balaban J connectivity index is 1.43. The van der Waals surface area contributed by atoms with Gasteiger partial charge in [0.05, 0.1) is 17.1 Å². The Labute approximate surface area is 189 Å². The number of hydrogen-bond donors (Lipinski definition) is 1. The third kappa shape index (κ3) is 6.35. The molecule has 1 heterocycles. The molecule has 0 aromatic heterocycles. The van der Waals surface area contributed by atoms with Crippen LogP contribution < -0.4 is 10.1 Å². The van der Waals surface area contributed by atoms with Crippen molar-refractivity contribution in [1.29, 1.82) is 0 Å². The van der Waals surface area contributed by atoms with Crippen molar-refractivity contribution in [3.63, 3.8) is 0 Å².